The number of hydrogen-bond acceptors (Lipinski definition) is 4. The average molecular weight is 318 g/mol. The molecule has 1 atom stereocenters. The number of nitrogen functional groups attached to an aromatic ring is 1. The summed E-state index contributed by atoms with van der Waals surface area (Å²) in [5, 5.41) is 2.08. The number of rotatable bonds is 4. The van der Waals surface area contributed by atoms with Crippen LogP contribution >= 0.6 is 23.1 Å². The fourth-order valence-electron chi connectivity index (χ4n) is 2.67. The molecular formula is C16H18N2OS2. The topological polar surface area (TPSA) is 46.3 Å². The minimum atomic E-state index is 0.221. The number of hydrogen-bond donors (Lipinski definition) is 1. The van der Waals surface area contributed by atoms with Gasteiger partial charge >= 0.3 is 0 Å². The second kappa shape index (κ2) is 6.54. The third-order valence-corrected chi connectivity index (χ3v) is 5.62. The maximum absolute atomic E-state index is 12.5. The summed E-state index contributed by atoms with van der Waals surface area (Å²) in [6.45, 7) is 0.874. The van der Waals surface area contributed by atoms with Gasteiger partial charge in [-0.15, -0.1) is 23.1 Å². The molecule has 1 saturated heterocycles. The van der Waals surface area contributed by atoms with E-state index in [-0.39, 0.29) is 11.9 Å². The molecule has 0 saturated carbocycles. The van der Waals surface area contributed by atoms with Crippen molar-refractivity contribution in [2.75, 3.05) is 18.0 Å². The highest BCUT2D eigenvalue weighted by molar-refractivity contribution is 8.00. The van der Waals surface area contributed by atoms with Crippen LogP contribution in [-0.2, 0) is 4.79 Å². The maximum Gasteiger partial charge on any atom is 0.233 e. The third-order valence-electron chi connectivity index (χ3n) is 3.67. The summed E-state index contributed by atoms with van der Waals surface area (Å²) in [5.74, 6) is 0.698. The molecule has 2 aromatic rings. The molecule has 5 heteroatoms. The molecule has 1 aliphatic heterocycles. The first-order valence-electron chi connectivity index (χ1n) is 7.05. The molecule has 1 aliphatic rings. The first-order valence-corrected chi connectivity index (χ1v) is 8.92. The van der Waals surface area contributed by atoms with Crippen molar-refractivity contribution < 1.29 is 4.79 Å². The van der Waals surface area contributed by atoms with Crippen molar-refractivity contribution in [2.45, 2.75) is 23.8 Å². The molecule has 2 heterocycles. The Morgan fingerprint density at radius 1 is 1.38 bits per heavy atom. The van der Waals surface area contributed by atoms with Crippen LogP contribution in [0.1, 0.15) is 23.8 Å². The van der Waals surface area contributed by atoms with E-state index >= 15 is 0 Å². The molecule has 0 spiro atoms. The normalized spacial score (nSPS) is 18.1. The van der Waals surface area contributed by atoms with Crippen LogP contribution in [0.5, 0.6) is 0 Å². The summed E-state index contributed by atoms with van der Waals surface area (Å²) in [6.07, 6.45) is 2.17. The Kier molecular flexibility index (Phi) is 4.51. The number of nitrogens with two attached hydrogens (primary N) is 1. The average Bonchev–Trinajstić information content (AvgIpc) is 3.14. The van der Waals surface area contributed by atoms with E-state index in [1.807, 2.05) is 29.2 Å². The van der Waals surface area contributed by atoms with Crippen molar-refractivity contribution in [3.8, 4) is 0 Å². The summed E-state index contributed by atoms with van der Waals surface area (Å²) >= 11 is 3.30. The van der Waals surface area contributed by atoms with Gasteiger partial charge in [0.15, 0.2) is 0 Å². The first-order chi connectivity index (χ1) is 10.2. The zero-order chi connectivity index (χ0) is 14.7. The number of likely N-dealkylation sites (tertiary alicyclic amines) is 1. The molecule has 2 N–H and O–H groups in total. The Morgan fingerprint density at radius 2 is 2.29 bits per heavy atom. The van der Waals surface area contributed by atoms with Gasteiger partial charge in [-0.05, 0) is 42.5 Å². The molecule has 1 amide bonds. The van der Waals surface area contributed by atoms with E-state index in [0.29, 0.717) is 5.75 Å². The van der Waals surface area contributed by atoms with E-state index in [1.54, 1.807) is 23.1 Å². The zero-order valence-electron chi connectivity index (χ0n) is 11.7. The fraction of sp³-hybridized carbons (Fsp3) is 0.312. The molecule has 0 aliphatic carbocycles. The molecular weight excluding hydrogens is 300 g/mol. The molecule has 1 aromatic heterocycles. The van der Waals surface area contributed by atoms with Crippen LogP contribution in [0.25, 0.3) is 0 Å². The van der Waals surface area contributed by atoms with E-state index < -0.39 is 0 Å². The number of carbonyl (C=O) groups is 1. The SMILES string of the molecule is Nc1cccc(SCC(=O)N2CCCC2c2cccs2)c1. The van der Waals surface area contributed by atoms with Crippen LogP contribution in [0.3, 0.4) is 0 Å². The summed E-state index contributed by atoms with van der Waals surface area (Å²) in [5.41, 5.74) is 6.51. The lowest BCUT2D eigenvalue weighted by Gasteiger charge is -2.23. The van der Waals surface area contributed by atoms with Crippen molar-refractivity contribution in [3.63, 3.8) is 0 Å². The van der Waals surface area contributed by atoms with E-state index in [2.05, 4.69) is 17.5 Å². The van der Waals surface area contributed by atoms with Gasteiger partial charge in [0.2, 0.25) is 5.91 Å². The van der Waals surface area contributed by atoms with Gasteiger partial charge in [-0.25, -0.2) is 0 Å². The first kappa shape index (κ1) is 14.5. The molecule has 3 rings (SSSR count). The Bertz CT molecular complexity index is 612. The lowest BCUT2D eigenvalue weighted by atomic mass is 10.2. The van der Waals surface area contributed by atoms with Gasteiger partial charge in [0.1, 0.15) is 0 Å². The molecule has 1 aromatic carbocycles. The fourth-order valence-corrected chi connectivity index (χ4v) is 4.40. The van der Waals surface area contributed by atoms with Crippen molar-refractivity contribution in [1.29, 1.82) is 0 Å². The summed E-state index contributed by atoms with van der Waals surface area (Å²) in [7, 11) is 0. The van der Waals surface area contributed by atoms with Crippen LogP contribution in [0.15, 0.2) is 46.7 Å². The standard InChI is InChI=1S/C16H18N2OS2/c17-12-4-1-5-13(10-12)21-11-16(19)18-8-2-6-14(18)15-7-3-9-20-15/h1,3-5,7,9-10,14H,2,6,8,11,17H2. The molecule has 21 heavy (non-hydrogen) atoms. The Labute approximate surface area is 133 Å². The maximum atomic E-state index is 12.5. The molecule has 0 bridgehead atoms. The molecule has 3 nitrogen and oxygen atoms in total. The van der Waals surface area contributed by atoms with Crippen LogP contribution in [0.2, 0.25) is 0 Å². The summed E-state index contributed by atoms with van der Waals surface area (Å²) in [4.78, 5) is 16.9. The molecule has 110 valence electrons. The summed E-state index contributed by atoms with van der Waals surface area (Å²) in [6, 6.07) is 12.2. The number of carbonyl (C=O) groups excluding carboxylic acids is 1. The lowest BCUT2D eigenvalue weighted by Crippen LogP contribution is -2.31. The third kappa shape index (κ3) is 3.41. The number of amides is 1. The van der Waals surface area contributed by atoms with Crippen molar-refractivity contribution in [3.05, 3.63) is 46.7 Å². The predicted octanol–water partition coefficient (Wildman–Crippen LogP) is 3.79. The Hall–Kier alpha value is -1.46. The van der Waals surface area contributed by atoms with Gasteiger partial charge in [0.05, 0.1) is 11.8 Å². The number of anilines is 1. The second-order valence-corrected chi connectivity index (χ2v) is 7.15. The lowest BCUT2D eigenvalue weighted by molar-refractivity contribution is -0.129. The van der Waals surface area contributed by atoms with Crippen LogP contribution in [-0.4, -0.2) is 23.1 Å². The van der Waals surface area contributed by atoms with Crippen molar-refractivity contribution in [2.24, 2.45) is 0 Å². The van der Waals surface area contributed by atoms with E-state index in [9.17, 15) is 4.79 Å². The smallest absolute Gasteiger partial charge is 0.233 e. The largest absolute Gasteiger partial charge is 0.399 e. The molecule has 1 unspecified atom stereocenters. The highest BCUT2D eigenvalue weighted by Crippen LogP contribution is 2.35. The quantitative estimate of drug-likeness (QED) is 0.689. The monoisotopic (exact) mass is 318 g/mol. The minimum absolute atomic E-state index is 0.221. The highest BCUT2D eigenvalue weighted by Gasteiger charge is 2.30. The molecule has 1 fully saturated rings. The van der Waals surface area contributed by atoms with Gasteiger partial charge in [0, 0.05) is 22.0 Å². The van der Waals surface area contributed by atoms with Crippen LogP contribution < -0.4 is 5.73 Å². The number of thioether (sulfide) groups is 1. The molecule has 0 radical (unpaired) electrons. The zero-order valence-corrected chi connectivity index (χ0v) is 13.3. The van der Waals surface area contributed by atoms with Crippen molar-refractivity contribution in [1.82, 2.24) is 4.90 Å². The second-order valence-electron chi connectivity index (χ2n) is 5.12. The van der Waals surface area contributed by atoms with Gasteiger partial charge in [-0.1, -0.05) is 12.1 Å². The van der Waals surface area contributed by atoms with Gasteiger partial charge in [0.25, 0.3) is 0 Å². The number of benzene rings is 1. The van der Waals surface area contributed by atoms with Crippen molar-refractivity contribution >= 4 is 34.7 Å². The highest BCUT2D eigenvalue weighted by atomic mass is 32.2. The predicted molar refractivity (Wildman–Crippen MR) is 89.6 cm³/mol. The Balaban J connectivity index is 1.62. The van der Waals surface area contributed by atoms with Crippen LogP contribution in [0, 0.1) is 0 Å². The van der Waals surface area contributed by atoms with Gasteiger partial charge < -0.3 is 10.6 Å². The number of thiophene rings is 1. The van der Waals surface area contributed by atoms with E-state index in [0.717, 1.165) is 30.0 Å². The Morgan fingerprint density at radius 3 is 3.05 bits per heavy atom. The van der Waals surface area contributed by atoms with Gasteiger partial charge in [-0.2, -0.15) is 0 Å². The van der Waals surface area contributed by atoms with Gasteiger partial charge in [-0.3, -0.25) is 4.79 Å². The summed E-state index contributed by atoms with van der Waals surface area (Å²) < 4.78 is 0. The minimum Gasteiger partial charge on any atom is -0.399 e. The number of nitrogens with zero attached hydrogens (tertiary/aromatic N) is 1. The van der Waals surface area contributed by atoms with E-state index in [4.69, 9.17) is 5.73 Å². The van der Waals surface area contributed by atoms with E-state index in [1.165, 1.54) is 4.88 Å². The van der Waals surface area contributed by atoms with Crippen LogP contribution in [0.4, 0.5) is 5.69 Å².